The average Bonchev–Trinajstić information content (AvgIpc) is 2.17. The molecule has 0 aromatic heterocycles. The Balaban J connectivity index is 2.99. The second-order valence-electron chi connectivity index (χ2n) is 5.65. The van der Waals surface area contributed by atoms with Crippen LogP contribution >= 0.6 is 0 Å². The smallest absolute Gasteiger partial charge is 0.167 e. The van der Waals surface area contributed by atoms with Crippen LogP contribution in [0.2, 0.25) is 0 Å². The number of ether oxygens (including phenoxy) is 1. The van der Waals surface area contributed by atoms with Gasteiger partial charge < -0.3 is 10.5 Å². The normalized spacial score (nSPS) is 15.5. The molecule has 0 spiro atoms. The number of halogens is 1. The van der Waals surface area contributed by atoms with Crippen LogP contribution in [0, 0.1) is 18.2 Å². The molecule has 2 nitrogen and oxygen atoms in total. The fraction of sp³-hybridized carbons (Fsp3) is 0.571. The van der Waals surface area contributed by atoms with Crippen LogP contribution in [-0.4, -0.2) is 12.1 Å². The maximum atomic E-state index is 13.8. The Kier molecular flexibility index (Phi) is 4.15. The van der Waals surface area contributed by atoms with Crippen molar-refractivity contribution in [3.63, 3.8) is 0 Å². The Hall–Kier alpha value is -1.09. The Bertz CT molecular complexity index is 382. The Morgan fingerprint density at radius 2 is 1.88 bits per heavy atom. The molecule has 0 bridgehead atoms. The summed E-state index contributed by atoms with van der Waals surface area (Å²) in [7, 11) is 0. The highest BCUT2D eigenvalue weighted by atomic mass is 19.1. The van der Waals surface area contributed by atoms with Gasteiger partial charge in [0.25, 0.3) is 0 Å². The van der Waals surface area contributed by atoms with Gasteiger partial charge in [0.1, 0.15) is 6.10 Å². The van der Waals surface area contributed by atoms with Gasteiger partial charge in [0.15, 0.2) is 11.6 Å². The predicted molar refractivity (Wildman–Crippen MR) is 68.7 cm³/mol. The lowest BCUT2D eigenvalue weighted by atomic mass is 9.85. The van der Waals surface area contributed by atoms with Crippen molar-refractivity contribution >= 4 is 0 Å². The van der Waals surface area contributed by atoms with Gasteiger partial charge in [-0.1, -0.05) is 32.9 Å². The first kappa shape index (κ1) is 14.0. The highest BCUT2D eigenvalue weighted by Gasteiger charge is 2.30. The van der Waals surface area contributed by atoms with Crippen LogP contribution in [0.5, 0.6) is 5.75 Å². The molecule has 0 aliphatic rings. The zero-order valence-corrected chi connectivity index (χ0v) is 11.3. The number of aryl methyl sites for hydroxylation is 1. The summed E-state index contributed by atoms with van der Waals surface area (Å²) in [5, 5.41) is 0. The number of benzene rings is 1. The molecule has 0 saturated heterocycles. The highest BCUT2D eigenvalue weighted by Crippen LogP contribution is 2.29. The van der Waals surface area contributed by atoms with Crippen LogP contribution in [0.1, 0.15) is 33.3 Å². The molecule has 1 rings (SSSR count). The molecule has 17 heavy (non-hydrogen) atoms. The molecular weight excluding hydrogens is 217 g/mol. The molecular formula is C14H22FNO. The Morgan fingerprint density at radius 3 is 2.35 bits per heavy atom. The average molecular weight is 239 g/mol. The van der Waals surface area contributed by atoms with Gasteiger partial charge in [0.2, 0.25) is 0 Å². The zero-order valence-electron chi connectivity index (χ0n) is 11.3. The third-order valence-corrected chi connectivity index (χ3v) is 2.74. The SMILES string of the molecule is Cc1cccc(OC(C(C)N)C(C)(C)C)c1F. The van der Waals surface area contributed by atoms with Gasteiger partial charge >= 0.3 is 0 Å². The topological polar surface area (TPSA) is 35.2 Å². The van der Waals surface area contributed by atoms with Crippen molar-refractivity contribution < 1.29 is 9.13 Å². The van der Waals surface area contributed by atoms with Crippen molar-refractivity contribution in [3.05, 3.63) is 29.6 Å². The first-order valence-electron chi connectivity index (χ1n) is 5.91. The molecule has 0 amide bonds. The van der Waals surface area contributed by atoms with Crippen LogP contribution in [0.15, 0.2) is 18.2 Å². The number of hydrogen-bond acceptors (Lipinski definition) is 2. The monoisotopic (exact) mass is 239 g/mol. The molecule has 2 unspecified atom stereocenters. The number of nitrogens with two attached hydrogens (primary N) is 1. The lowest BCUT2D eigenvalue weighted by molar-refractivity contribution is 0.0646. The first-order chi connectivity index (χ1) is 7.73. The van der Waals surface area contributed by atoms with Gasteiger partial charge in [-0.2, -0.15) is 0 Å². The lowest BCUT2D eigenvalue weighted by Gasteiger charge is -2.34. The molecule has 96 valence electrons. The van der Waals surface area contributed by atoms with Crippen molar-refractivity contribution in [3.8, 4) is 5.75 Å². The third kappa shape index (κ3) is 3.43. The summed E-state index contributed by atoms with van der Waals surface area (Å²) in [5.74, 6) is -0.0235. The minimum atomic E-state index is -0.303. The van der Waals surface area contributed by atoms with Crippen LogP contribution in [0.4, 0.5) is 4.39 Å². The van der Waals surface area contributed by atoms with Crippen LogP contribution < -0.4 is 10.5 Å². The van der Waals surface area contributed by atoms with Crippen molar-refractivity contribution in [1.29, 1.82) is 0 Å². The van der Waals surface area contributed by atoms with E-state index < -0.39 is 0 Å². The molecule has 1 aromatic carbocycles. The maximum Gasteiger partial charge on any atom is 0.167 e. The van der Waals surface area contributed by atoms with E-state index in [1.807, 2.05) is 27.7 Å². The van der Waals surface area contributed by atoms with Crippen LogP contribution in [0.25, 0.3) is 0 Å². The molecule has 0 fully saturated rings. The largest absolute Gasteiger partial charge is 0.485 e. The summed E-state index contributed by atoms with van der Waals surface area (Å²) in [6.45, 7) is 9.71. The zero-order chi connectivity index (χ0) is 13.2. The number of hydrogen-bond donors (Lipinski definition) is 1. The highest BCUT2D eigenvalue weighted by molar-refractivity contribution is 5.30. The van der Waals surface area contributed by atoms with Crippen molar-refractivity contribution in [2.45, 2.75) is 46.8 Å². The fourth-order valence-corrected chi connectivity index (χ4v) is 1.92. The minimum Gasteiger partial charge on any atom is -0.485 e. The molecule has 0 heterocycles. The van der Waals surface area contributed by atoms with Crippen molar-refractivity contribution in [2.24, 2.45) is 11.1 Å². The van der Waals surface area contributed by atoms with Gasteiger partial charge in [-0.15, -0.1) is 0 Å². The van der Waals surface area contributed by atoms with E-state index in [2.05, 4.69) is 0 Å². The van der Waals surface area contributed by atoms with Crippen LogP contribution in [-0.2, 0) is 0 Å². The molecule has 3 heteroatoms. The summed E-state index contributed by atoms with van der Waals surface area (Å²) >= 11 is 0. The number of rotatable bonds is 3. The van der Waals surface area contributed by atoms with E-state index in [1.165, 1.54) is 0 Å². The van der Waals surface area contributed by atoms with Crippen LogP contribution in [0.3, 0.4) is 0 Å². The van der Waals surface area contributed by atoms with E-state index in [0.717, 1.165) is 0 Å². The maximum absolute atomic E-state index is 13.8. The van der Waals surface area contributed by atoms with E-state index in [1.54, 1.807) is 25.1 Å². The first-order valence-corrected chi connectivity index (χ1v) is 5.91. The Morgan fingerprint density at radius 1 is 1.29 bits per heavy atom. The van der Waals surface area contributed by atoms with Crippen molar-refractivity contribution in [1.82, 2.24) is 0 Å². The molecule has 0 aliphatic heterocycles. The van der Waals surface area contributed by atoms with Gasteiger partial charge in [-0.05, 0) is 25.5 Å². The van der Waals surface area contributed by atoms with E-state index in [4.69, 9.17) is 10.5 Å². The quantitative estimate of drug-likeness (QED) is 0.878. The van der Waals surface area contributed by atoms with Gasteiger partial charge in [-0.25, -0.2) is 4.39 Å². The molecule has 0 radical (unpaired) electrons. The third-order valence-electron chi connectivity index (χ3n) is 2.74. The van der Waals surface area contributed by atoms with E-state index in [-0.39, 0.29) is 29.1 Å². The second kappa shape index (κ2) is 5.05. The predicted octanol–water partition coefficient (Wildman–Crippen LogP) is 3.27. The van der Waals surface area contributed by atoms with E-state index in [0.29, 0.717) is 5.56 Å². The molecule has 0 aliphatic carbocycles. The molecule has 1 aromatic rings. The summed E-state index contributed by atoms with van der Waals surface area (Å²) in [6.07, 6.45) is -0.223. The summed E-state index contributed by atoms with van der Waals surface area (Å²) in [4.78, 5) is 0. The summed E-state index contributed by atoms with van der Waals surface area (Å²) < 4.78 is 19.6. The Labute approximate surface area is 103 Å². The molecule has 2 N–H and O–H groups in total. The molecule has 0 saturated carbocycles. The molecule has 2 atom stereocenters. The summed E-state index contributed by atoms with van der Waals surface area (Å²) in [6, 6.07) is 4.99. The van der Waals surface area contributed by atoms with Gasteiger partial charge in [0, 0.05) is 11.5 Å². The standard InChI is InChI=1S/C14H22FNO/c1-9-7-6-8-11(12(9)15)17-13(10(2)16)14(3,4)5/h6-8,10,13H,16H2,1-5H3. The van der Waals surface area contributed by atoms with Gasteiger partial charge in [-0.3, -0.25) is 0 Å². The van der Waals surface area contributed by atoms with Crippen molar-refractivity contribution in [2.75, 3.05) is 0 Å². The lowest BCUT2D eigenvalue weighted by Crippen LogP contribution is -2.45. The fourth-order valence-electron chi connectivity index (χ4n) is 1.92. The van der Waals surface area contributed by atoms with Gasteiger partial charge in [0.05, 0.1) is 0 Å². The second-order valence-corrected chi connectivity index (χ2v) is 5.65. The van der Waals surface area contributed by atoms with E-state index in [9.17, 15) is 4.39 Å². The minimum absolute atomic E-state index is 0.135. The van der Waals surface area contributed by atoms with E-state index >= 15 is 0 Å². The summed E-state index contributed by atoms with van der Waals surface area (Å²) in [5.41, 5.74) is 6.36.